The summed E-state index contributed by atoms with van der Waals surface area (Å²) < 4.78 is 0. The van der Waals surface area contributed by atoms with Gasteiger partial charge < -0.3 is 0 Å². The first-order chi connectivity index (χ1) is 6.06. The van der Waals surface area contributed by atoms with Gasteiger partial charge in [-0.2, -0.15) is 5.26 Å². The largest absolute Gasteiger partial charge is 0.198 e. The maximum absolute atomic E-state index is 8.80. The summed E-state index contributed by atoms with van der Waals surface area (Å²) >= 11 is 6.06. The molecule has 0 fully saturated rings. The fourth-order valence-corrected chi connectivity index (χ4v) is 2.02. The molecule has 1 aromatic rings. The highest BCUT2D eigenvalue weighted by Crippen LogP contribution is 2.28. The summed E-state index contributed by atoms with van der Waals surface area (Å²) in [6, 6.07) is 6.15. The van der Waals surface area contributed by atoms with E-state index in [1.165, 1.54) is 0 Å². The number of hydrogen-bond donors (Lipinski definition) is 0. The third-order valence-corrected chi connectivity index (χ3v) is 2.42. The van der Waals surface area contributed by atoms with Crippen molar-refractivity contribution in [3.63, 3.8) is 0 Å². The Morgan fingerprint density at radius 2 is 2.00 bits per heavy atom. The molecule has 0 aliphatic rings. The van der Waals surface area contributed by atoms with E-state index < -0.39 is 0 Å². The second kappa shape index (κ2) is 3.81. The van der Waals surface area contributed by atoms with Crippen LogP contribution in [0.4, 0.5) is 0 Å². The van der Waals surface area contributed by atoms with E-state index in [0.29, 0.717) is 5.02 Å². The zero-order chi connectivity index (χ0) is 10.0. The minimum Gasteiger partial charge on any atom is -0.198 e. The third kappa shape index (κ3) is 2.02. The molecule has 0 N–H and O–H groups in total. The van der Waals surface area contributed by atoms with Gasteiger partial charge in [-0.25, -0.2) is 0 Å². The van der Waals surface area contributed by atoms with Gasteiger partial charge in [0, 0.05) is 5.02 Å². The van der Waals surface area contributed by atoms with Gasteiger partial charge in [-0.05, 0) is 43.5 Å². The van der Waals surface area contributed by atoms with Crippen LogP contribution in [-0.4, -0.2) is 0 Å². The fourth-order valence-electron chi connectivity index (χ4n) is 1.54. The molecule has 0 bridgehead atoms. The summed E-state index contributed by atoms with van der Waals surface area (Å²) in [5.74, 6) is -0.131. The van der Waals surface area contributed by atoms with Crippen molar-refractivity contribution in [1.82, 2.24) is 0 Å². The SMILES string of the molecule is Cc1cc(C)c(C(C)C#N)c(Cl)c1. The van der Waals surface area contributed by atoms with Crippen molar-refractivity contribution in [2.24, 2.45) is 0 Å². The summed E-state index contributed by atoms with van der Waals surface area (Å²) in [4.78, 5) is 0. The first-order valence-electron chi connectivity index (χ1n) is 4.22. The lowest BCUT2D eigenvalue weighted by atomic mass is 9.96. The molecule has 0 aromatic heterocycles. The second-order valence-electron chi connectivity index (χ2n) is 3.33. The van der Waals surface area contributed by atoms with Gasteiger partial charge >= 0.3 is 0 Å². The van der Waals surface area contributed by atoms with E-state index in [0.717, 1.165) is 16.7 Å². The Bertz CT molecular complexity index is 340. The lowest BCUT2D eigenvalue weighted by molar-refractivity contribution is 0.964. The van der Waals surface area contributed by atoms with Crippen molar-refractivity contribution in [2.45, 2.75) is 26.7 Å². The highest BCUT2D eigenvalue weighted by Gasteiger charge is 2.11. The fraction of sp³-hybridized carbons (Fsp3) is 0.364. The van der Waals surface area contributed by atoms with Gasteiger partial charge in [0.05, 0.1) is 12.0 Å². The number of nitriles is 1. The van der Waals surface area contributed by atoms with Crippen LogP contribution in [0.25, 0.3) is 0 Å². The smallest absolute Gasteiger partial charge is 0.0701 e. The molecule has 0 saturated carbocycles. The molecular weight excluding hydrogens is 182 g/mol. The number of aryl methyl sites for hydroxylation is 2. The molecule has 0 spiro atoms. The standard InChI is InChI=1S/C11H12ClN/c1-7-4-8(2)11(9(3)6-13)10(12)5-7/h4-5,9H,1-3H3. The Morgan fingerprint density at radius 1 is 1.38 bits per heavy atom. The summed E-state index contributed by atoms with van der Waals surface area (Å²) in [5.41, 5.74) is 3.19. The van der Waals surface area contributed by atoms with Crippen molar-refractivity contribution in [2.75, 3.05) is 0 Å². The summed E-state index contributed by atoms with van der Waals surface area (Å²) in [6.07, 6.45) is 0. The van der Waals surface area contributed by atoms with Crippen LogP contribution in [0.15, 0.2) is 12.1 Å². The minimum absolute atomic E-state index is 0.131. The molecule has 68 valence electrons. The monoisotopic (exact) mass is 193 g/mol. The molecular formula is C11H12ClN. The van der Waals surface area contributed by atoms with E-state index in [4.69, 9.17) is 16.9 Å². The predicted molar refractivity (Wildman–Crippen MR) is 55.0 cm³/mol. The number of halogens is 1. The van der Waals surface area contributed by atoms with E-state index in [2.05, 4.69) is 12.1 Å². The molecule has 0 radical (unpaired) electrons. The Labute approximate surface area is 84.0 Å². The summed E-state index contributed by atoms with van der Waals surface area (Å²) in [6.45, 7) is 5.85. The molecule has 13 heavy (non-hydrogen) atoms. The number of rotatable bonds is 1. The van der Waals surface area contributed by atoms with Gasteiger partial charge in [0.25, 0.3) is 0 Å². The van der Waals surface area contributed by atoms with Crippen molar-refractivity contribution in [3.8, 4) is 6.07 Å². The van der Waals surface area contributed by atoms with Crippen LogP contribution >= 0.6 is 11.6 Å². The van der Waals surface area contributed by atoms with E-state index in [9.17, 15) is 0 Å². The van der Waals surface area contributed by atoms with E-state index in [1.54, 1.807) is 0 Å². The Kier molecular flexibility index (Phi) is 2.95. The Balaban J connectivity index is 3.30. The molecule has 1 atom stereocenters. The quantitative estimate of drug-likeness (QED) is 0.669. The van der Waals surface area contributed by atoms with Crippen molar-refractivity contribution in [3.05, 3.63) is 33.8 Å². The van der Waals surface area contributed by atoms with Crippen LogP contribution in [0.5, 0.6) is 0 Å². The number of nitrogens with zero attached hydrogens (tertiary/aromatic N) is 1. The van der Waals surface area contributed by atoms with Crippen molar-refractivity contribution in [1.29, 1.82) is 5.26 Å². The molecule has 0 heterocycles. The molecule has 1 rings (SSSR count). The zero-order valence-corrected chi connectivity index (χ0v) is 8.81. The number of benzene rings is 1. The van der Waals surface area contributed by atoms with Crippen LogP contribution in [0.3, 0.4) is 0 Å². The first-order valence-corrected chi connectivity index (χ1v) is 4.60. The first kappa shape index (κ1) is 10.1. The summed E-state index contributed by atoms with van der Waals surface area (Å²) in [7, 11) is 0. The Morgan fingerprint density at radius 3 is 2.46 bits per heavy atom. The van der Waals surface area contributed by atoms with Crippen molar-refractivity contribution >= 4 is 11.6 Å². The lowest BCUT2D eigenvalue weighted by Crippen LogP contribution is -1.95. The number of hydrogen-bond acceptors (Lipinski definition) is 1. The maximum atomic E-state index is 8.80. The Hall–Kier alpha value is -1.00. The van der Waals surface area contributed by atoms with Gasteiger partial charge in [0.1, 0.15) is 0 Å². The van der Waals surface area contributed by atoms with Gasteiger partial charge in [-0.1, -0.05) is 17.7 Å². The zero-order valence-electron chi connectivity index (χ0n) is 8.06. The topological polar surface area (TPSA) is 23.8 Å². The van der Waals surface area contributed by atoms with E-state index in [-0.39, 0.29) is 5.92 Å². The van der Waals surface area contributed by atoms with Crippen LogP contribution in [-0.2, 0) is 0 Å². The average Bonchev–Trinajstić information content (AvgIpc) is 2.02. The van der Waals surface area contributed by atoms with Gasteiger partial charge in [0.2, 0.25) is 0 Å². The molecule has 0 saturated heterocycles. The van der Waals surface area contributed by atoms with Crippen LogP contribution in [0, 0.1) is 25.2 Å². The molecule has 1 aromatic carbocycles. The highest BCUT2D eigenvalue weighted by molar-refractivity contribution is 6.31. The molecule has 0 aliphatic carbocycles. The lowest BCUT2D eigenvalue weighted by Gasteiger charge is -2.10. The maximum Gasteiger partial charge on any atom is 0.0701 e. The van der Waals surface area contributed by atoms with E-state index in [1.807, 2.05) is 26.8 Å². The normalized spacial score (nSPS) is 12.2. The predicted octanol–water partition coefficient (Wildman–Crippen LogP) is 3.58. The van der Waals surface area contributed by atoms with Gasteiger partial charge in [0.15, 0.2) is 0 Å². The van der Waals surface area contributed by atoms with Crippen LogP contribution in [0.2, 0.25) is 5.02 Å². The van der Waals surface area contributed by atoms with Crippen LogP contribution < -0.4 is 0 Å². The average molecular weight is 194 g/mol. The van der Waals surface area contributed by atoms with Gasteiger partial charge in [-0.15, -0.1) is 0 Å². The van der Waals surface area contributed by atoms with Crippen molar-refractivity contribution < 1.29 is 0 Å². The highest BCUT2D eigenvalue weighted by atomic mass is 35.5. The molecule has 1 unspecified atom stereocenters. The second-order valence-corrected chi connectivity index (χ2v) is 3.74. The van der Waals surface area contributed by atoms with E-state index >= 15 is 0 Å². The van der Waals surface area contributed by atoms with Gasteiger partial charge in [-0.3, -0.25) is 0 Å². The molecule has 0 amide bonds. The van der Waals surface area contributed by atoms with Crippen LogP contribution in [0.1, 0.15) is 29.5 Å². The minimum atomic E-state index is -0.131. The molecule has 2 heteroatoms. The third-order valence-electron chi connectivity index (χ3n) is 2.11. The molecule has 1 nitrogen and oxygen atoms in total. The molecule has 0 aliphatic heterocycles. The summed E-state index contributed by atoms with van der Waals surface area (Å²) in [5, 5.41) is 9.50.